The van der Waals surface area contributed by atoms with Crippen LogP contribution in [0.3, 0.4) is 0 Å². The summed E-state index contributed by atoms with van der Waals surface area (Å²) in [6.07, 6.45) is 21.3. The van der Waals surface area contributed by atoms with Gasteiger partial charge in [-0.1, -0.05) is 133 Å². The lowest BCUT2D eigenvalue weighted by molar-refractivity contribution is 0.537. The number of nitrogens with one attached hydrogen (secondary N) is 2. The van der Waals surface area contributed by atoms with Crippen molar-refractivity contribution in [3.05, 3.63) is 65.7 Å². The summed E-state index contributed by atoms with van der Waals surface area (Å²) in [5.74, 6) is 0.307. The number of anilines is 1. The summed E-state index contributed by atoms with van der Waals surface area (Å²) in [5, 5.41) is 7.70. The Morgan fingerprint density at radius 2 is 1.28 bits per heavy atom. The highest BCUT2D eigenvalue weighted by Crippen LogP contribution is 2.13. The maximum atomic E-state index is 5.87. The topological polar surface area (TPSA) is 74.8 Å². The lowest BCUT2D eigenvalue weighted by Crippen LogP contribution is -2.27. The Labute approximate surface area is 220 Å². The molecular formula is C31H49N5. The number of rotatable bonds is 20. The Morgan fingerprint density at radius 1 is 0.722 bits per heavy atom. The number of hydrazone groups is 1. The first-order valence-corrected chi connectivity index (χ1v) is 14.2. The molecule has 5 heteroatoms. The summed E-state index contributed by atoms with van der Waals surface area (Å²) < 4.78 is 0. The van der Waals surface area contributed by atoms with Crippen molar-refractivity contribution in [3.8, 4) is 0 Å². The van der Waals surface area contributed by atoms with Gasteiger partial charge in [0.1, 0.15) is 0 Å². The monoisotopic (exact) mass is 491 g/mol. The summed E-state index contributed by atoms with van der Waals surface area (Å²) in [6, 6.07) is 18.3. The van der Waals surface area contributed by atoms with Gasteiger partial charge in [0.2, 0.25) is 5.96 Å². The molecule has 4 N–H and O–H groups in total. The van der Waals surface area contributed by atoms with Crippen LogP contribution in [0, 0.1) is 0 Å². The van der Waals surface area contributed by atoms with E-state index in [1.807, 2.05) is 30.3 Å². The van der Waals surface area contributed by atoms with Gasteiger partial charge in [-0.05, 0) is 29.7 Å². The molecular weight excluding hydrogens is 442 g/mol. The highest BCUT2D eigenvalue weighted by Gasteiger charge is 1.96. The van der Waals surface area contributed by atoms with Crippen molar-refractivity contribution in [3.63, 3.8) is 0 Å². The molecule has 0 amide bonds. The van der Waals surface area contributed by atoms with Gasteiger partial charge in [-0.3, -0.25) is 0 Å². The third-order valence-corrected chi connectivity index (χ3v) is 6.44. The lowest BCUT2D eigenvalue weighted by Gasteiger charge is -2.07. The third kappa shape index (κ3) is 15.2. The first-order valence-electron chi connectivity index (χ1n) is 14.2. The maximum absolute atomic E-state index is 5.87. The smallest absolute Gasteiger partial charge is 0.209 e. The number of nitrogens with zero attached hydrogens (tertiary/aromatic N) is 2. The lowest BCUT2D eigenvalue weighted by atomic mass is 10.0. The fourth-order valence-electron chi connectivity index (χ4n) is 4.21. The SMILES string of the molecule is CCCCCCCCCCCCCCCCNc1ccc(/C=N\NC(N)=NCc2ccccc2)cc1. The standard InChI is InChI=1S/C31H49N5/c1-2-3-4-5-6-7-8-9-10-11-12-13-14-18-25-33-30-23-21-29(22-24-30)27-35-36-31(32)34-26-28-19-16-15-17-20-28/h15-17,19-24,27,33H,2-14,18,25-26H2,1H3,(H3,32,34,36)/b35-27-. The normalized spacial score (nSPS) is 11.8. The quantitative estimate of drug-likeness (QED) is 0.0759. The van der Waals surface area contributed by atoms with E-state index in [2.05, 4.69) is 52.0 Å². The number of benzene rings is 2. The summed E-state index contributed by atoms with van der Waals surface area (Å²) >= 11 is 0. The summed E-state index contributed by atoms with van der Waals surface area (Å²) in [6.45, 7) is 3.85. The summed E-state index contributed by atoms with van der Waals surface area (Å²) in [7, 11) is 0. The van der Waals surface area contributed by atoms with Crippen molar-refractivity contribution in [1.29, 1.82) is 0 Å². The highest BCUT2D eigenvalue weighted by molar-refractivity contribution is 5.83. The van der Waals surface area contributed by atoms with Gasteiger partial charge >= 0.3 is 0 Å². The van der Waals surface area contributed by atoms with Crippen LogP contribution in [0.2, 0.25) is 0 Å². The number of nitrogens with two attached hydrogens (primary N) is 1. The fraction of sp³-hybridized carbons (Fsp3) is 0.548. The average Bonchev–Trinajstić information content (AvgIpc) is 2.91. The first-order chi connectivity index (χ1) is 17.8. The van der Waals surface area contributed by atoms with E-state index in [0.29, 0.717) is 12.5 Å². The zero-order chi connectivity index (χ0) is 25.5. The van der Waals surface area contributed by atoms with Crippen molar-refractivity contribution in [1.82, 2.24) is 5.43 Å². The number of hydrogen-bond donors (Lipinski definition) is 3. The zero-order valence-corrected chi connectivity index (χ0v) is 22.6. The molecule has 198 valence electrons. The Balaban J connectivity index is 1.44. The zero-order valence-electron chi connectivity index (χ0n) is 22.6. The summed E-state index contributed by atoms with van der Waals surface area (Å²) in [4.78, 5) is 4.29. The predicted molar refractivity (Wildman–Crippen MR) is 158 cm³/mol. The van der Waals surface area contributed by atoms with Crippen LogP contribution < -0.4 is 16.5 Å². The van der Waals surface area contributed by atoms with Gasteiger partial charge in [-0.15, -0.1) is 0 Å². The molecule has 2 rings (SSSR count). The molecule has 2 aromatic rings. The molecule has 0 heterocycles. The van der Waals surface area contributed by atoms with E-state index in [-0.39, 0.29) is 0 Å². The van der Waals surface area contributed by atoms with Gasteiger partial charge in [0.05, 0.1) is 12.8 Å². The van der Waals surface area contributed by atoms with Gasteiger partial charge in [-0.25, -0.2) is 10.4 Å². The average molecular weight is 492 g/mol. The second-order valence-corrected chi connectivity index (χ2v) is 9.70. The minimum absolute atomic E-state index is 0.307. The van der Waals surface area contributed by atoms with Crippen molar-refractivity contribution >= 4 is 17.9 Å². The number of guanidine groups is 1. The van der Waals surface area contributed by atoms with Crippen LogP contribution in [0.4, 0.5) is 5.69 Å². The Bertz CT molecular complexity index is 830. The highest BCUT2D eigenvalue weighted by atomic mass is 15.3. The van der Waals surface area contributed by atoms with E-state index in [9.17, 15) is 0 Å². The van der Waals surface area contributed by atoms with Crippen LogP contribution in [-0.2, 0) is 6.54 Å². The van der Waals surface area contributed by atoms with Crippen LogP contribution in [0.25, 0.3) is 0 Å². The van der Waals surface area contributed by atoms with Gasteiger partial charge in [0, 0.05) is 12.2 Å². The van der Waals surface area contributed by atoms with E-state index in [4.69, 9.17) is 5.73 Å². The van der Waals surface area contributed by atoms with Crippen molar-refractivity contribution in [2.75, 3.05) is 11.9 Å². The predicted octanol–water partition coefficient (Wildman–Crippen LogP) is 8.02. The van der Waals surface area contributed by atoms with Crippen molar-refractivity contribution < 1.29 is 0 Å². The molecule has 0 aromatic heterocycles. The Morgan fingerprint density at radius 3 is 1.86 bits per heavy atom. The molecule has 0 fully saturated rings. The third-order valence-electron chi connectivity index (χ3n) is 6.44. The van der Waals surface area contributed by atoms with E-state index >= 15 is 0 Å². The minimum Gasteiger partial charge on any atom is -0.385 e. The fourth-order valence-corrected chi connectivity index (χ4v) is 4.21. The van der Waals surface area contributed by atoms with Crippen LogP contribution >= 0.6 is 0 Å². The second kappa shape index (κ2) is 20.4. The van der Waals surface area contributed by atoms with Gasteiger partial charge in [0.15, 0.2) is 0 Å². The van der Waals surface area contributed by atoms with E-state index < -0.39 is 0 Å². The molecule has 2 aromatic carbocycles. The minimum atomic E-state index is 0.307. The molecule has 36 heavy (non-hydrogen) atoms. The largest absolute Gasteiger partial charge is 0.385 e. The first kappa shape index (κ1) is 29.4. The Kier molecular flexibility index (Phi) is 16.6. The summed E-state index contributed by atoms with van der Waals surface area (Å²) in [5.41, 5.74) is 11.9. The molecule has 0 radical (unpaired) electrons. The van der Waals surface area contributed by atoms with Crippen LogP contribution in [0.15, 0.2) is 64.7 Å². The van der Waals surface area contributed by atoms with Crippen molar-refractivity contribution in [2.24, 2.45) is 15.8 Å². The van der Waals surface area contributed by atoms with Gasteiger partial charge < -0.3 is 11.1 Å². The van der Waals surface area contributed by atoms with E-state index in [0.717, 1.165) is 23.4 Å². The van der Waals surface area contributed by atoms with Crippen LogP contribution in [0.5, 0.6) is 0 Å². The molecule has 0 bridgehead atoms. The van der Waals surface area contributed by atoms with Gasteiger partial charge in [0.25, 0.3) is 0 Å². The van der Waals surface area contributed by atoms with Crippen molar-refractivity contribution in [2.45, 2.75) is 103 Å². The molecule has 0 unspecified atom stereocenters. The molecule has 0 aliphatic rings. The van der Waals surface area contributed by atoms with E-state index in [1.54, 1.807) is 6.21 Å². The molecule has 0 saturated heterocycles. The molecule has 0 spiro atoms. The molecule has 0 aliphatic heterocycles. The molecule has 0 saturated carbocycles. The molecule has 0 atom stereocenters. The maximum Gasteiger partial charge on any atom is 0.209 e. The van der Waals surface area contributed by atoms with E-state index in [1.165, 1.54) is 89.9 Å². The number of aliphatic imine (C=N–C) groups is 1. The Hall–Kier alpha value is -2.82. The molecule has 0 aliphatic carbocycles. The second-order valence-electron chi connectivity index (χ2n) is 9.70. The number of unbranched alkanes of at least 4 members (excludes halogenated alkanes) is 13. The number of hydrogen-bond acceptors (Lipinski definition) is 3. The molecule has 5 nitrogen and oxygen atoms in total. The van der Waals surface area contributed by atoms with Crippen LogP contribution in [0.1, 0.15) is 108 Å². The van der Waals surface area contributed by atoms with Gasteiger partial charge in [-0.2, -0.15) is 5.10 Å². The van der Waals surface area contributed by atoms with Crippen LogP contribution in [-0.4, -0.2) is 18.7 Å².